The lowest BCUT2D eigenvalue weighted by molar-refractivity contribution is -0.111. The Morgan fingerprint density at radius 3 is 2.65 bits per heavy atom. The van der Waals surface area contributed by atoms with Crippen molar-refractivity contribution in [2.45, 2.75) is 33.6 Å². The third-order valence-electron chi connectivity index (χ3n) is 3.74. The summed E-state index contributed by atoms with van der Waals surface area (Å²) in [6.07, 6.45) is 5.38. The number of anilines is 1. The first kappa shape index (κ1) is 19.6. The van der Waals surface area contributed by atoms with E-state index in [4.69, 9.17) is 9.47 Å². The highest BCUT2D eigenvalue weighted by atomic mass is 16.5. The number of nitrogens with one attached hydrogen (secondary N) is 1. The van der Waals surface area contributed by atoms with Gasteiger partial charge in [0.05, 0.1) is 13.2 Å². The number of aryl methyl sites for hydroxylation is 1. The number of ether oxygens (including phenoxy) is 2. The van der Waals surface area contributed by atoms with Crippen LogP contribution in [0.4, 0.5) is 5.69 Å². The van der Waals surface area contributed by atoms with Crippen molar-refractivity contribution in [3.05, 3.63) is 59.7 Å². The third-order valence-corrected chi connectivity index (χ3v) is 3.74. The van der Waals surface area contributed by atoms with Crippen molar-refractivity contribution in [2.24, 2.45) is 0 Å². The molecule has 0 unspecified atom stereocenters. The minimum atomic E-state index is -0.170. The Kier molecular flexibility index (Phi) is 7.75. The Morgan fingerprint density at radius 1 is 1.08 bits per heavy atom. The maximum atomic E-state index is 12.1. The molecule has 2 rings (SSSR count). The van der Waals surface area contributed by atoms with E-state index >= 15 is 0 Å². The molecule has 1 N–H and O–H groups in total. The van der Waals surface area contributed by atoms with Gasteiger partial charge in [0.25, 0.3) is 0 Å². The quantitative estimate of drug-likeness (QED) is 0.496. The van der Waals surface area contributed by atoms with Gasteiger partial charge in [-0.3, -0.25) is 4.79 Å². The summed E-state index contributed by atoms with van der Waals surface area (Å²) in [6.45, 7) is 7.29. The minimum absolute atomic E-state index is 0.170. The number of unbranched alkanes of at least 4 members (excludes halogenated alkanes) is 1. The number of carbonyl (C=O) groups excluding carboxylic acids is 1. The smallest absolute Gasteiger partial charge is 0.248 e. The summed E-state index contributed by atoms with van der Waals surface area (Å²) in [4.78, 5) is 12.1. The average molecular weight is 353 g/mol. The summed E-state index contributed by atoms with van der Waals surface area (Å²) in [6, 6.07) is 13.4. The monoisotopic (exact) mass is 353 g/mol. The van der Waals surface area contributed by atoms with Gasteiger partial charge in [-0.25, -0.2) is 0 Å². The van der Waals surface area contributed by atoms with Gasteiger partial charge in [-0.1, -0.05) is 31.5 Å². The number of carbonyl (C=O) groups is 1. The largest absolute Gasteiger partial charge is 0.490 e. The van der Waals surface area contributed by atoms with Gasteiger partial charge in [-0.05, 0) is 61.7 Å². The molecular weight excluding hydrogens is 326 g/mol. The lowest BCUT2D eigenvalue weighted by Crippen LogP contribution is -2.07. The van der Waals surface area contributed by atoms with Crippen molar-refractivity contribution >= 4 is 17.7 Å². The van der Waals surface area contributed by atoms with E-state index in [0.717, 1.165) is 35.4 Å². The molecule has 0 radical (unpaired) electrons. The van der Waals surface area contributed by atoms with Gasteiger partial charge in [0, 0.05) is 11.8 Å². The Balaban J connectivity index is 2.04. The number of benzene rings is 2. The van der Waals surface area contributed by atoms with E-state index in [0.29, 0.717) is 19.0 Å². The molecule has 0 fully saturated rings. The standard InChI is InChI=1S/C22H27NO3/c1-4-6-14-26-20-12-10-18(16-21(20)25-5-2)11-13-22(24)23-19-9-7-8-17(3)15-19/h7-13,15-16H,4-6,14H2,1-3H3,(H,23,24)/b13-11+. The molecule has 2 aromatic carbocycles. The molecule has 138 valence electrons. The summed E-state index contributed by atoms with van der Waals surface area (Å²) in [5.41, 5.74) is 2.77. The van der Waals surface area contributed by atoms with Crippen LogP contribution in [0, 0.1) is 6.92 Å². The summed E-state index contributed by atoms with van der Waals surface area (Å²) < 4.78 is 11.4. The van der Waals surface area contributed by atoms with Crippen LogP contribution in [0.2, 0.25) is 0 Å². The second kappa shape index (κ2) is 10.3. The van der Waals surface area contributed by atoms with Gasteiger partial charge >= 0.3 is 0 Å². The van der Waals surface area contributed by atoms with Gasteiger partial charge in [-0.15, -0.1) is 0 Å². The first-order valence-corrected chi connectivity index (χ1v) is 9.07. The van der Waals surface area contributed by atoms with Gasteiger partial charge in [0.1, 0.15) is 0 Å². The summed E-state index contributed by atoms with van der Waals surface area (Å²) in [5.74, 6) is 1.27. The molecule has 26 heavy (non-hydrogen) atoms. The highest BCUT2D eigenvalue weighted by Crippen LogP contribution is 2.29. The number of amides is 1. The van der Waals surface area contributed by atoms with E-state index in [1.54, 1.807) is 6.08 Å². The van der Waals surface area contributed by atoms with Crippen LogP contribution in [0.3, 0.4) is 0 Å². The molecule has 0 saturated carbocycles. The number of rotatable bonds is 9. The Morgan fingerprint density at radius 2 is 1.92 bits per heavy atom. The fourth-order valence-corrected chi connectivity index (χ4v) is 2.42. The highest BCUT2D eigenvalue weighted by molar-refractivity contribution is 6.02. The number of hydrogen-bond donors (Lipinski definition) is 1. The Labute approximate surface area is 155 Å². The van der Waals surface area contributed by atoms with E-state index in [1.165, 1.54) is 6.08 Å². The van der Waals surface area contributed by atoms with Crippen LogP contribution in [0.15, 0.2) is 48.5 Å². The minimum Gasteiger partial charge on any atom is -0.490 e. The van der Waals surface area contributed by atoms with Crippen molar-refractivity contribution in [1.29, 1.82) is 0 Å². The maximum absolute atomic E-state index is 12.1. The van der Waals surface area contributed by atoms with E-state index in [1.807, 2.05) is 56.3 Å². The lowest BCUT2D eigenvalue weighted by Gasteiger charge is -2.12. The van der Waals surface area contributed by atoms with E-state index in [9.17, 15) is 4.79 Å². The highest BCUT2D eigenvalue weighted by Gasteiger charge is 2.06. The van der Waals surface area contributed by atoms with Crippen LogP contribution in [-0.2, 0) is 4.79 Å². The van der Waals surface area contributed by atoms with E-state index in [-0.39, 0.29) is 5.91 Å². The van der Waals surface area contributed by atoms with Crippen molar-refractivity contribution in [3.63, 3.8) is 0 Å². The first-order chi connectivity index (χ1) is 12.6. The lowest BCUT2D eigenvalue weighted by atomic mass is 10.2. The fraction of sp³-hybridized carbons (Fsp3) is 0.318. The Bertz CT molecular complexity index is 753. The molecular formula is C22H27NO3. The second-order valence-corrected chi connectivity index (χ2v) is 6.03. The molecule has 0 spiro atoms. The molecule has 2 aromatic rings. The first-order valence-electron chi connectivity index (χ1n) is 9.07. The fourth-order valence-electron chi connectivity index (χ4n) is 2.42. The van der Waals surface area contributed by atoms with Crippen molar-refractivity contribution in [2.75, 3.05) is 18.5 Å². The van der Waals surface area contributed by atoms with Gasteiger partial charge in [0.2, 0.25) is 5.91 Å². The molecule has 0 aliphatic heterocycles. The van der Waals surface area contributed by atoms with Crippen molar-refractivity contribution < 1.29 is 14.3 Å². The zero-order valence-electron chi connectivity index (χ0n) is 15.7. The molecule has 4 nitrogen and oxygen atoms in total. The number of hydrogen-bond acceptors (Lipinski definition) is 3. The second-order valence-electron chi connectivity index (χ2n) is 6.03. The molecule has 4 heteroatoms. The van der Waals surface area contributed by atoms with E-state index in [2.05, 4.69) is 12.2 Å². The normalized spacial score (nSPS) is 10.7. The van der Waals surface area contributed by atoms with Gasteiger partial charge < -0.3 is 14.8 Å². The van der Waals surface area contributed by atoms with Crippen molar-refractivity contribution in [1.82, 2.24) is 0 Å². The van der Waals surface area contributed by atoms with E-state index < -0.39 is 0 Å². The van der Waals surface area contributed by atoms with Crippen LogP contribution in [-0.4, -0.2) is 19.1 Å². The molecule has 0 saturated heterocycles. The predicted octanol–water partition coefficient (Wildman–Crippen LogP) is 5.22. The van der Waals surface area contributed by atoms with Crippen LogP contribution >= 0.6 is 0 Å². The summed E-state index contributed by atoms with van der Waals surface area (Å²) in [5, 5.41) is 2.86. The maximum Gasteiger partial charge on any atom is 0.248 e. The predicted molar refractivity (Wildman–Crippen MR) is 107 cm³/mol. The molecule has 0 aromatic heterocycles. The zero-order chi connectivity index (χ0) is 18.8. The third kappa shape index (κ3) is 6.28. The van der Waals surface area contributed by atoms with Crippen molar-refractivity contribution in [3.8, 4) is 11.5 Å². The summed E-state index contributed by atoms with van der Waals surface area (Å²) >= 11 is 0. The topological polar surface area (TPSA) is 47.6 Å². The zero-order valence-corrected chi connectivity index (χ0v) is 15.7. The summed E-state index contributed by atoms with van der Waals surface area (Å²) in [7, 11) is 0. The van der Waals surface area contributed by atoms with Crippen LogP contribution in [0.25, 0.3) is 6.08 Å². The van der Waals surface area contributed by atoms with Crippen LogP contribution < -0.4 is 14.8 Å². The molecule has 0 aliphatic rings. The molecule has 0 bridgehead atoms. The van der Waals surface area contributed by atoms with Gasteiger partial charge in [-0.2, -0.15) is 0 Å². The van der Waals surface area contributed by atoms with Crippen LogP contribution in [0.1, 0.15) is 37.8 Å². The average Bonchev–Trinajstić information content (AvgIpc) is 2.62. The molecule has 0 aliphatic carbocycles. The molecule has 0 atom stereocenters. The molecule has 0 heterocycles. The van der Waals surface area contributed by atoms with Gasteiger partial charge in [0.15, 0.2) is 11.5 Å². The van der Waals surface area contributed by atoms with Crippen LogP contribution in [0.5, 0.6) is 11.5 Å². The molecule has 1 amide bonds. The Hall–Kier alpha value is -2.75. The SMILES string of the molecule is CCCCOc1ccc(/C=C/C(=O)Nc2cccc(C)c2)cc1OCC.